The molecule has 0 bridgehead atoms. The Morgan fingerprint density at radius 2 is 1.81 bits per heavy atom. The molecule has 0 spiro atoms. The number of methoxy groups -OCH3 is 2. The minimum Gasteiger partial charge on any atom is -0.496 e. The number of hydrogen-bond acceptors (Lipinski definition) is 4. The summed E-state index contributed by atoms with van der Waals surface area (Å²) in [6, 6.07) is 7.09. The first-order valence-corrected chi connectivity index (χ1v) is 4.87. The Morgan fingerprint density at radius 1 is 1.19 bits per heavy atom. The first kappa shape index (κ1) is 12.2. The molecule has 0 aromatic heterocycles. The van der Waals surface area contributed by atoms with Gasteiger partial charge < -0.3 is 9.47 Å². The molecule has 0 aliphatic rings. The minimum atomic E-state index is -0.835. The van der Waals surface area contributed by atoms with Crippen LogP contribution in [0.1, 0.15) is 18.4 Å². The molecule has 1 unspecified atom stereocenters. The van der Waals surface area contributed by atoms with E-state index >= 15 is 0 Å². The Morgan fingerprint density at radius 3 is 2.38 bits per heavy atom. The molecule has 1 atom stereocenters. The van der Waals surface area contributed by atoms with Crippen LogP contribution in [0.2, 0.25) is 0 Å². The summed E-state index contributed by atoms with van der Waals surface area (Å²) in [6.07, 6.45) is 0. The number of Topliss-reactive ketones (excluding diaryl/α,β-unsaturated/α-hetero) is 1. The fourth-order valence-electron chi connectivity index (χ4n) is 1.44. The average molecular weight is 222 g/mol. The van der Waals surface area contributed by atoms with Gasteiger partial charge in [0.15, 0.2) is 0 Å². The highest BCUT2D eigenvalue weighted by Crippen LogP contribution is 2.26. The van der Waals surface area contributed by atoms with Gasteiger partial charge in [-0.15, -0.1) is 0 Å². The lowest BCUT2D eigenvalue weighted by Gasteiger charge is -2.13. The van der Waals surface area contributed by atoms with Gasteiger partial charge >= 0.3 is 5.97 Å². The Labute approximate surface area is 94.2 Å². The molecule has 0 heterocycles. The summed E-state index contributed by atoms with van der Waals surface area (Å²) in [5.41, 5.74) is 0.681. The van der Waals surface area contributed by atoms with E-state index < -0.39 is 17.7 Å². The smallest absolute Gasteiger partial charge is 0.374 e. The van der Waals surface area contributed by atoms with Crippen molar-refractivity contribution in [2.24, 2.45) is 0 Å². The van der Waals surface area contributed by atoms with Gasteiger partial charge in [-0.05, 0) is 6.07 Å². The summed E-state index contributed by atoms with van der Waals surface area (Å²) in [4.78, 5) is 22.7. The molecule has 0 saturated carbocycles. The monoisotopic (exact) mass is 222 g/mol. The van der Waals surface area contributed by atoms with Gasteiger partial charge in [0, 0.05) is 5.56 Å². The molecule has 0 radical (unpaired) electrons. The zero-order chi connectivity index (χ0) is 12.1. The number of carbonyl (C=O) groups is 2. The molecule has 1 aromatic rings. The predicted molar refractivity (Wildman–Crippen MR) is 58.4 cm³/mol. The molecule has 0 saturated heterocycles. The Kier molecular flexibility index (Phi) is 4.05. The van der Waals surface area contributed by atoms with Crippen molar-refractivity contribution < 1.29 is 19.1 Å². The van der Waals surface area contributed by atoms with Crippen molar-refractivity contribution >= 4 is 11.8 Å². The molecule has 0 amide bonds. The van der Waals surface area contributed by atoms with Gasteiger partial charge in [0.05, 0.1) is 20.1 Å². The Balaban J connectivity index is 3.00. The number of para-hydroxylation sites is 1. The maximum Gasteiger partial charge on any atom is 0.374 e. The van der Waals surface area contributed by atoms with E-state index in [1.165, 1.54) is 14.2 Å². The van der Waals surface area contributed by atoms with Crippen molar-refractivity contribution in [3.05, 3.63) is 29.8 Å². The van der Waals surface area contributed by atoms with E-state index in [9.17, 15) is 9.59 Å². The van der Waals surface area contributed by atoms with Crippen LogP contribution in [0.25, 0.3) is 0 Å². The van der Waals surface area contributed by atoms with E-state index in [-0.39, 0.29) is 0 Å². The first-order valence-electron chi connectivity index (χ1n) is 4.87. The number of carbonyl (C=O) groups excluding carboxylic acids is 2. The van der Waals surface area contributed by atoms with Crippen LogP contribution < -0.4 is 4.74 Å². The lowest BCUT2D eigenvalue weighted by molar-refractivity contribution is -0.152. The SMILES string of the molecule is COC(=O)C(=O)C(C)c1ccccc1OC. The van der Waals surface area contributed by atoms with Crippen molar-refractivity contribution in [3.8, 4) is 5.75 Å². The van der Waals surface area contributed by atoms with Gasteiger partial charge in [0.25, 0.3) is 0 Å². The normalized spacial score (nSPS) is 11.7. The molecule has 16 heavy (non-hydrogen) atoms. The number of rotatable bonds is 4. The highest BCUT2D eigenvalue weighted by Gasteiger charge is 2.25. The molecule has 0 fully saturated rings. The van der Waals surface area contributed by atoms with Gasteiger partial charge in [-0.1, -0.05) is 25.1 Å². The second-order valence-corrected chi connectivity index (χ2v) is 3.32. The molecular weight excluding hydrogens is 208 g/mol. The van der Waals surface area contributed by atoms with Crippen LogP contribution in [0, 0.1) is 0 Å². The third-order valence-corrected chi connectivity index (χ3v) is 2.39. The molecular formula is C12H14O4. The van der Waals surface area contributed by atoms with E-state index in [0.717, 1.165) is 0 Å². The molecule has 0 aliphatic carbocycles. The minimum absolute atomic E-state index is 0.566. The number of ketones is 1. The van der Waals surface area contributed by atoms with Crippen molar-refractivity contribution in [1.29, 1.82) is 0 Å². The third kappa shape index (κ3) is 2.39. The lowest BCUT2D eigenvalue weighted by Crippen LogP contribution is -2.21. The van der Waals surface area contributed by atoms with E-state index in [1.54, 1.807) is 31.2 Å². The van der Waals surface area contributed by atoms with Gasteiger partial charge in [0.1, 0.15) is 5.75 Å². The van der Waals surface area contributed by atoms with Crippen LogP contribution in [-0.2, 0) is 14.3 Å². The average Bonchev–Trinajstić information content (AvgIpc) is 2.35. The highest BCUT2D eigenvalue weighted by molar-refractivity contribution is 6.35. The maximum atomic E-state index is 11.6. The second kappa shape index (κ2) is 5.30. The van der Waals surface area contributed by atoms with Crippen LogP contribution in [0.15, 0.2) is 24.3 Å². The molecule has 1 rings (SSSR count). The molecule has 4 nitrogen and oxygen atoms in total. The molecule has 1 aromatic carbocycles. The number of ether oxygens (including phenoxy) is 2. The van der Waals surface area contributed by atoms with Crippen LogP contribution in [0.5, 0.6) is 5.75 Å². The zero-order valence-corrected chi connectivity index (χ0v) is 9.52. The van der Waals surface area contributed by atoms with Crippen LogP contribution >= 0.6 is 0 Å². The Bertz CT molecular complexity index is 398. The van der Waals surface area contributed by atoms with Gasteiger partial charge in [-0.2, -0.15) is 0 Å². The standard InChI is InChI=1S/C12H14O4/c1-8(11(13)12(14)16-3)9-6-4-5-7-10(9)15-2/h4-8H,1-3H3. The van der Waals surface area contributed by atoms with Crippen LogP contribution in [0.4, 0.5) is 0 Å². The summed E-state index contributed by atoms with van der Waals surface area (Å²) in [5.74, 6) is -1.39. The fourth-order valence-corrected chi connectivity index (χ4v) is 1.44. The van der Waals surface area contributed by atoms with Gasteiger partial charge in [-0.25, -0.2) is 4.79 Å². The topological polar surface area (TPSA) is 52.6 Å². The molecule has 0 N–H and O–H groups in total. The first-order chi connectivity index (χ1) is 7.61. The highest BCUT2D eigenvalue weighted by atomic mass is 16.5. The van der Waals surface area contributed by atoms with Gasteiger partial charge in [-0.3, -0.25) is 4.79 Å². The fraction of sp³-hybridized carbons (Fsp3) is 0.333. The van der Waals surface area contributed by atoms with Crippen molar-refractivity contribution in [1.82, 2.24) is 0 Å². The summed E-state index contributed by atoms with van der Waals surface area (Å²) >= 11 is 0. The van der Waals surface area contributed by atoms with Crippen molar-refractivity contribution in [3.63, 3.8) is 0 Å². The summed E-state index contributed by atoms with van der Waals surface area (Å²) in [5, 5.41) is 0. The van der Waals surface area contributed by atoms with Crippen molar-refractivity contribution in [2.45, 2.75) is 12.8 Å². The van der Waals surface area contributed by atoms with E-state index in [1.807, 2.05) is 0 Å². The van der Waals surface area contributed by atoms with Gasteiger partial charge in [0.2, 0.25) is 5.78 Å². The maximum absolute atomic E-state index is 11.6. The summed E-state index contributed by atoms with van der Waals surface area (Å²) in [7, 11) is 2.71. The van der Waals surface area contributed by atoms with E-state index in [0.29, 0.717) is 11.3 Å². The van der Waals surface area contributed by atoms with Crippen LogP contribution in [0.3, 0.4) is 0 Å². The molecule has 0 aliphatic heterocycles. The van der Waals surface area contributed by atoms with E-state index in [4.69, 9.17) is 4.74 Å². The molecule has 4 heteroatoms. The zero-order valence-electron chi connectivity index (χ0n) is 9.52. The van der Waals surface area contributed by atoms with E-state index in [2.05, 4.69) is 4.74 Å². The quantitative estimate of drug-likeness (QED) is 0.572. The molecule has 86 valence electrons. The largest absolute Gasteiger partial charge is 0.496 e. The third-order valence-electron chi connectivity index (χ3n) is 2.39. The van der Waals surface area contributed by atoms with Crippen LogP contribution in [-0.4, -0.2) is 26.0 Å². The summed E-state index contributed by atoms with van der Waals surface area (Å²) < 4.78 is 9.52. The number of benzene rings is 1. The lowest BCUT2D eigenvalue weighted by atomic mass is 9.96. The summed E-state index contributed by atoms with van der Waals surface area (Å²) in [6.45, 7) is 1.65. The Hall–Kier alpha value is -1.84. The number of esters is 1. The number of hydrogen-bond donors (Lipinski definition) is 0. The predicted octanol–water partition coefficient (Wildman–Crippen LogP) is 1.54. The van der Waals surface area contributed by atoms with Crippen molar-refractivity contribution in [2.75, 3.05) is 14.2 Å². The second-order valence-electron chi connectivity index (χ2n) is 3.32.